The highest BCUT2D eigenvalue weighted by atomic mass is 16.5. The summed E-state index contributed by atoms with van der Waals surface area (Å²) in [6.45, 7) is 0.490. The summed E-state index contributed by atoms with van der Waals surface area (Å²) >= 11 is 0. The number of rotatable bonds is 5. The highest BCUT2D eigenvalue weighted by Crippen LogP contribution is 2.41. The molecule has 106 valence electrons. The summed E-state index contributed by atoms with van der Waals surface area (Å²) in [6, 6.07) is 11.0. The SMILES string of the molecule is CNC(C#N)(COC1CCCc2ccccc21)C1CC1. The van der Waals surface area contributed by atoms with Gasteiger partial charge in [0.1, 0.15) is 5.54 Å². The van der Waals surface area contributed by atoms with Crippen LogP contribution >= 0.6 is 0 Å². The molecule has 1 N–H and O–H groups in total. The maximum Gasteiger partial charge on any atom is 0.132 e. The standard InChI is InChI=1S/C17H22N2O/c1-19-17(11-18,14-9-10-14)12-20-16-8-4-6-13-5-2-3-7-15(13)16/h2-3,5,7,14,16,19H,4,6,8-10,12H2,1H3. The maximum atomic E-state index is 9.52. The second-order valence-electron chi connectivity index (χ2n) is 6.00. The Morgan fingerprint density at radius 3 is 2.85 bits per heavy atom. The van der Waals surface area contributed by atoms with Gasteiger partial charge in [-0.15, -0.1) is 0 Å². The van der Waals surface area contributed by atoms with E-state index in [2.05, 4.69) is 35.7 Å². The van der Waals surface area contributed by atoms with Gasteiger partial charge in [0.2, 0.25) is 0 Å². The summed E-state index contributed by atoms with van der Waals surface area (Å²) in [5, 5.41) is 12.7. The van der Waals surface area contributed by atoms with Gasteiger partial charge in [0.25, 0.3) is 0 Å². The van der Waals surface area contributed by atoms with Crippen molar-refractivity contribution in [3.05, 3.63) is 35.4 Å². The van der Waals surface area contributed by atoms with Gasteiger partial charge in [-0.05, 0) is 56.2 Å². The number of nitrogens with one attached hydrogen (secondary N) is 1. The lowest BCUT2D eigenvalue weighted by Crippen LogP contribution is -2.48. The van der Waals surface area contributed by atoms with Crippen molar-refractivity contribution in [1.82, 2.24) is 5.32 Å². The minimum absolute atomic E-state index is 0.153. The molecule has 1 aromatic rings. The van der Waals surface area contributed by atoms with Crippen LogP contribution in [-0.2, 0) is 11.2 Å². The van der Waals surface area contributed by atoms with Crippen LogP contribution in [0.15, 0.2) is 24.3 Å². The van der Waals surface area contributed by atoms with Crippen LogP contribution < -0.4 is 5.32 Å². The topological polar surface area (TPSA) is 45.0 Å². The molecule has 0 saturated heterocycles. The first kappa shape index (κ1) is 13.6. The molecule has 0 bridgehead atoms. The first-order valence-electron chi connectivity index (χ1n) is 7.58. The van der Waals surface area contributed by atoms with Gasteiger partial charge in [-0.25, -0.2) is 0 Å². The third-order valence-corrected chi connectivity index (χ3v) is 4.75. The van der Waals surface area contributed by atoms with E-state index in [0.29, 0.717) is 12.5 Å². The molecule has 20 heavy (non-hydrogen) atoms. The molecule has 0 radical (unpaired) electrons. The van der Waals surface area contributed by atoms with Crippen molar-refractivity contribution in [2.45, 2.75) is 43.7 Å². The Hall–Kier alpha value is -1.37. The zero-order valence-electron chi connectivity index (χ0n) is 12.1. The smallest absolute Gasteiger partial charge is 0.132 e. The Labute approximate surface area is 120 Å². The number of ether oxygens (including phenoxy) is 1. The highest BCUT2D eigenvalue weighted by molar-refractivity contribution is 5.31. The molecular weight excluding hydrogens is 248 g/mol. The average molecular weight is 270 g/mol. The van der Waals surface area contributed by atoms with E-state index in [0.717, 1.165) is 25.7 Å². The molecule has 0 aromatic heterocycles. The molecule has 0 spiro atoms. The molecular formula is C17H22N2O. The lowest BCUT2D eigenvalue weighted by Gasteiger charge is -2.31. The third-order valence-electron chi connectivity index (χ3n) is 4.75. The molecule has 3 nitrogen and oxygen atoms in total. The van der Waals surface area contributed by atoms with E-state index in [4.69, 9.17) is 4.74 Å². The molecule has 0 heterocycles. The number of aryl methyl sites for hydroxylation is 1. The van der Waals surface area contributed by atoms with E-state index >= 15 is 0 Å². The Balaban J connectivity index is 1.71. The van der Waals surface area contributed by atoms with Crippen LogP contribution in [0.2, 0.25) is 0 Å². The molecule has 1 aromatic carbocycles. The predicted octanol–water partition coefficient (Wildman–Crippen LogP) is 2.97. The van der Waals surface area contributed by atoms with Crippen LogP contribution in [0.4, 0.5) is 0 Å². The fourth-order valence-corrected chi connectivity index (χ4v) is 3.26. The summed E-state index contributed by atoms with van der Waals surface area (Å²) in [5.41, 5.74) is 2.23. The second-order valence-corrected chi connectivity index (χ2v) is 6.00. The van der Waals surface area contributed by atoms with Gasteiger partial charge in [-0.3, -0.25) is 0 Å². The number of likely N-dealkylation sites (N-methyl/N-ethyl adjacent to an activating group) is 1. The lowest BCUT2D eigenvalue weighted by molar-refractivity contribution is 0.00906. The van der Waals surface area contributed by atoms with Crippen molar-refractivity contribution in [3.8, 4) is 6.07 Å². The summed E-state index contributed by atoms with van der Waals surface area (Å²) in [7, 11) is 1.87. The molecule has 1 fully saturated rings. The van der Waals surface area contributed by atoms with Crippen molar-refractivity contribution in [1.29, 1.82) is 5.26 Å². The molecule has 0 aliphatic heterocycles. The van der Waals surface area contributed by atoms with E-state index in [1.54, 1.807) is 0 Å². The molecule has 3 rings (SSSR count). The van der Waals surface area contributed by atoms with Gasteiger partial charge in [0.05, 0.1) is 18.8 Å². The van der Waals surface area contributed by atoms with Crippen LogP contribution in [-0.4, -0.2) is 19.2 Å². The number of hydrogen-bond donors (Lipinski definition) is 1. The largest absolute Gasteiger partial charge is 0.370 e. The summed E-state index contributed by atoms with van der Waals surface area (Å²) in [4.78, 5) is 0. The molecule has 2 aliphatic carbocycles. The molecule has 3 heteroatoms. The first-order chi connectivity index (χ1) is 9.79. The van der Waals surface area contributed by atoms with Gasteiger partial charge in [-0.2, -0.15) is 5.26 Å². The molecule has 2 aliphatic rings. The van der Waals surface area contributed by atoms with Crippen molar-refractivity contribution >= 4 is 0 Å². The van der Waals surface area contributed by atoms with Gasteiger partial charge >= 0.3 is 0 Å². The van der Waals surface area contributed by atoms with Crippen molar-refractivity contribution in [2.24, 2.45) is 5.92 Å². The fraction of sp³-hybridized carbons (Fsp3) is 0.588. The minimum Gasteiger partial charge on any atom is -0.370 e. The van der Waals surface area contributed by atoms with Crippen LogP contribution in [0.5, 0.6) is 0 Å². The minimum atomic E-state index is -0.494. The van der Waals surface area contributed by atoms with E-state index in [1.807, 2.05) is 7.05 Å². The Morgan fingerprint density at radius 1 is 1.35 bits per heavy atom. The Kier molecular flexibility index (Phi) is 3.78. The molecule has 0 amide bonds. The number of benzene rings is 1. The normalized spacial score (nSPS) is 24.5. The Morgan fingerprint density at radius 2 is 2.15 bits per heavy atom. The van der Waals surface area contributed by atoms with E-state index in [1.165, 1.54) is 17.5 Å². The van der Waals surface area contributed by atoms with Gasteiger partial charge in [0, 0.05) is 0 Å². The number of fused-ring (bicyclic) bond motifs is 1. The third kappa shape index (κ3) is 2.46. The number of nitriles is 1. The monoisotopic (exact) mass is 270 g/mol. The van der Waals surface area contributed by atoms with Gasteiger partial charge in [0.15, 0.2) is 0 Å². The quantitative estimate of drug-likeness (QED) is 0.894. The van der Waals surface area contributed by atoms with E-state index in [-0.39, 0.29) is 6.10 Å². The van der Waals surface area contributed by atoms with Crippen LogP contribution in [0, 0.1) is 17.2 Å². The van der Waals surface area contributed by atoms with Crippen molar-refractivity contribution in [3.63, 3.8) is 0 Å². The molecule has 1 saturated carbocycles. The molecule has 2 atom stereocenters. The summed E-state index contributed by atoms with van der Waals surface area (Å²) < 4.78 is 6.17. The zero-order chi connectivity index (χ0) is 14.0. The average Bonchev–Trinajstić information content (AvgIpc) is 3.34. The predicted molar refractivity (Wildman–Crippen MR) is 78.2 cm³/mol. The Bertz CT molecular complexity index is 518. The first-order valence-corrected chi connectivity index (χ1v) is 7.58. The van der Waals surface area contributed by atoms with Gasteiger partial charge < -0.3 is 10.1 Å². The summed E-state index contributed by atoms with van der Waals surface area (Å²) in [5.74, 6) is 0.455. The van der Waals surface area contributed by atoms with Crippen LogP contribution in [0.25, 0.3) is 0 Å². The van der Waals surface area contributed by atoms with Crippen molar-refractivity contribution < 1.29 is 4.74 Å². The van der Waals surface area contributed by atoms with Crippen LogP contribution in [0.1, 0.15) is 42.9 Å². The zero-order valence-corrected chi connectivity index (χ0v) is 12.1. The molecule has 2 unspecified atom stereocenters. The maximum absolute atomic E-state index is 9.52. The van der Waals surface area contributed by atoms with E-state index < -0.39 is 5.54 Å². The van der Waals surface area contributed by atoms with Gasteiger partial charge in [-0.1, -0.05) is 24.3 Å². The number of nitrogens with zero attached hydrogens (tertiary/aromatic N) is 1. The van der Waals surface area contributed by atoms with Crippen LogP contribution in [0.3, 0.4) is 0 Å². The number of hydrogen-bond acceptors (Lipinski definition) is 3. The van der Waals surface area contributed by atoms with E-state index in [9.17, 15) is 5.26 Å². The second kappa shape index (κ2) is 5.55. The van der Waals surface area contributed by atoms with Crippen molar-refractivity contribution in [2.75, 3.05) is 13.7 Å². The highest BCUT2D eigenvalue weighted by Gasteiger charge is 2.45. The lowest BCUT2D eigenvalue weighted by atomic mass is 9.89. The fourth-order valence-electron chi connectivity index (χ4n) is 3.26. The summed E-state index contributed by atoms with van der Waals surface area (Å²) in [6.07, 6.45) is 5.81.